The number of hydrogen-bond acceptors (Lipinski definition) is 5. The third-order valence-electron chi connectivity index (χ3n) is 2.77. The number of esters is 1. The van der Waals surface area contributed by atoms with Crippen LogP contribution in [0.4, 0.5) is 0 Å². The molecule has 0 saturated carbocycles. The van der Waals surface area contributed by atoms with Crippen molar-refractivity contribution < 1.29 is 18.8 Å². The van der Waals surface area contributed by atoms with Gasteiger partial charge in [0, 0.05) is 4.47 Å². The van der Waals surface area contributed by atoms with E-state index in [0.29, 0.717) is 28.3 Å². The lowest BCUT2D eigenvalue weighted by Crippen LogP contribution is -2.07. The molecule has 5 nitrogen and oxygen atoms in total. The summed E-state index contributed by atoms with van der Waals surface area (Å²) < 4.78 is 16.3. The van der Waals surface area contributed by atoms with E-state index in [0.717, 1.165) is 4.47 Å². The summed E-state index contributed by atoms with van der Waals surface area (Å²) in [5, 5.41) is 3.97. The van der Waals surface area contributed by atoms with Gasteiger partial charge in [0.1, 0.15) is 22.8 Å². The van der Waals surface area contributed by atoms with Crippen LogP contribution >= 0.6 is 15.9 Å². The molecule has 0 atom stereocenters. The van der Waals surface area contributed by atoms with Crippen LogP contribution in [0.5, 0.6) is 5.75 Å². The molecule has 0 aliphatic carbocycles. The van der Waals surface area contributed by atoms with Crippen LogP contribution in [0.3, 0.4) is 0 Å². The summed E-state index contributed by atoms with van der Waals surface area (Å²) in [5.74, 6) is 0.550. The van der Waals surface area contributed by atoms with Gasteiger partial charge in [-0.2, -0.15) is 0 Å². The van der Waals surface area contributed by atoms with Gasteiger partial charge in [0.05, 0.1) is 19.3 Å². The van der Waals surface area contributed by atoms with Gasteiger partial charge in [-0.25, -0.2) is 4.79 Å². The fourth-order valence-corrected chi connectivity index (χ4v) is 2.43. The molecule has 0 bridgehead atoms. The Hall–Kier alpha value is -1.82. The molecule has 0 unspecified atom stereocenters. The predicted molar refractivity (Wildman–Crippen MR) is 76.9 cm³/mol. The van der Waals surface area contributed by atoms with Gasteiger partial charge in [-0.15, -0.1) is 0 Å². The third-order valence-corrected chi connectivity index (χ3v) is 3.44. The summed E-state index contributed by atoms with van der Waals surface area (Å²) >= 11 is 3.44. The highest BCUT2D eigenvalue weighted by Gasteiger charge is 2.26. The minimum absolute atomic E-state index is 0.288. The van der Waals surface area contributed by atoms with Crippen LogP contribution in [0.25, 0.3) is 11.3 Å². The summed E-state index contributed by atoms with van der Waals surface area (Å²) in [5.41, 5.74) is 1.39. The minimum Gasteiger partial charge on any atom is -0.496 e. The van der Waals surface area contributed by atoms with E-state index in [4.69, 9.17) is 14.0 Å². The highest BCUT2D eigenvalue weighted by molar-refractivity contribution is 9.10. The first kappa shape index (κ1) is 14.6. The smallest absolute Gasteiger partial charge is 0.344 e. The van der Waals surface area contributed by atoms with Crippen LogP contribution in [-0.2, 0) is 4.74 Å². The Labute approximate surface area is 125 Å². The zero-order valence-electron chi connectivity index (χ0n) is 11.4. The molecule has 0 aliphatic heterocycles. The Kier molecular flexibility index (Phi) is 4.44. The number of carbonyl (C=O) groups is 1. The van der Waals surface area contributed by atoms with E-state index in [2.05, 4.69) is 21.1 Å². The second-order valence-corrected chi connectivity index (χ2v) is 4.85. The molecule has 0 aliphatic rings. The molecule has 0 radical (unpaired) electrons. The molecule has 0 amide bonds. The Morgan fingerprint density at radius 3 is 2.85 bits per heavy atom. The van der Waals surface area contributed by atoms with Gasteiger partial charge < -0.3 is 14.0 Å². The van der Waals surface area contributed by atoms with E-state index in [-0.39, 0.29) is 6.61 Å². The van der Waals surface area contributed by atoms with Gasteiger partial charge in [-0.1, -0.05) is 11.2 Å². The topological polar surface area (TPSA) is 61.6 Å². The number of nitrogens with zero attached hydrogens (tertiary/aromatic N) is 1. The second kappa shape index (κ2) is 6.09. The molecule has 20 heavy (non-hydrogen) atoms. The van der Waals surface area contributed by atoms with Crippen molar-refractivity contribution in [1.29, 1.82) is 0 Å². The summed E-state index contributed by atoms with van der Waals surface area (Å²) in [6.45, 7) is 3.71. The van der Waals surface area contributed by atoms with Crippen molar-refractivity contribution in [1.82, 2.24) is 5.16 Å². The van der Waals surface area contributed by atoms with E-state index in [1.807, 2.05) is 12.1 Å². The van der Waals surface area contributed by atoms with Crippen molar-refractivity contribution in [2.24, 2.45) is 0 Å². The van der Waals surface area contributed by atoms with Crippen LogP contribution in [-0.4, -0.2) is 24.8 Å². The maximum absolute atomic E-state index is 12.1. The number of carbonyl (C=O) groups excluding carboxylic acids is 1. The number of rotatable bonds is 4. The summed E-state index contributed by atoms with van der Waals surface area (Å²) in [4.78, 5) is 12.1. The highest BCUT2D eigenvalue weighted by Crippen LogP contribution is 2.38. The fraction of sp³-hybridized carbons (Fsp3) is 0.286. The maximum atomic E-state index is 12.1. The molecule has 0 fully saturated rings. The van der Waals surface area contributed by atoms with Crippen LogP contribution in [0.2, 0.25) is 0 Å². The average Bonchev–Trinajstić information content (AvgIpc) is 2.80. The van der Waals surface area contributed by atoms with Crippen LogP contribution in [0.15, 0.2) is 27.2 Å². The summed E-state index contributed by atoms with van der Waals surface area (Å²) in [7, 11) is 1.56. The van der Waals surface area contributed by atoms with Crippen LogP contribution in [0, 0.1) is 6.92 Å². The number of aryl methyl sites for hydroxylation is 1. The lowest BCUT2D eigenvalue weighted by atomic mass is 10.1. The van der Waals surface area contributed by atoms with Gasteiger partial charge in [-0.05, 0) is 41.9 Å². The molecule has 2 aromatic rings. The number of ether oxygens (including phenoxy) is 2. The second-order valence-electron chi connectivity index (χ2n) is 4.00. The van der Waals surface area contributed by atoms with Crippen molar-refractivity contribution in [3.63, 3.8) is 0 Å². The number of aromatic nitrogens is 1. The zero-order valence-corrected chi connectivity index (χ0v) is 13.0. The fourth-order valence-electron chi connectivity index (χ4n) is 1.89. The molecular formula is C14H14BrNO4. The van der Waals surface area contributed by atoms with Gasteiger partial charge >= 0.3 is 5.97 Å². The molecule has 106 valence electrons. The van der Waals surface area contributed by atoms with Crippen LogP contribution in [0.1, 0.15) is 23.0 Å². The molecule has 2 rings (SSSR count). The van der Waals surface area contributed by atoms with Gasteiger partial charge in [0.15, 0.2) is 0 Å². The Morgan fingerprint density at radius 2 is 2.20 bits per heavy atom. The molecule has 1 aromatic carbocycles. The van der Waals surface area contributed by atoms with Crippen molar-refractivity contribution in [3.05, 3.63) is 34.0 Å². The first-order valence-corrected chi connectivity index (χ1v) is 6.85. The molecule has 0 spiro atoms. The molecule has 1 heterocycles. The Bertz CT molecular complexity index is 636. The van der Waals surface area contributed by atoms with Crippen molar-refractivity contribution in [3.8, 4) is 17.0 Å². The summed E-state index contributed by atoms with van der Waals surface area (Å²) in [6, 6.07) is 5.47. The maximum Gasteiger partial charge on any atom is 0.344 e. The Balaban J connectivity index is 2.63. The number of benzene rings is 1. The SMILES string of the molecule is CCOC(=O)c1c(-c2c(Br)cccc2OC)noc1C. The van der Waals surface area contributed by atoms with E-state index in [1.54, 1.807) is 27.0 Å². The quantitative estimate of drug-likeness (QED) is 0.796. The van der Waals surface area contributed by atoms with Gasteiger partial charge in [0.25, 0.3) is 0 Å². The van der Waals surface area contributed by atoms with Gasteiger partial charge in [0.2, 0.25) is 0 Å². The summed E-state index contributed by atoms with van der Waals surface area (Å²) in [6.07, 6.45) is 0. The lowest BCUT2D eigenvalue weighted by molar-refractivity contribution is 0.0525. The van der Waals surface area contributed by atoms with E-state index in [1.165, 1.54) is 0 Å². The van der Waals surface area contributed by atoms with E-state index >= 15 is 0 Å². The zero-order chi connectivity index (χ0) is 14.7. The van der Waals surface area contributed by atoms with Crippen LogP contribution < -0.4 is 4.74 Å². The normalized spacial score (nSPS) is 10.4. The van der Waals surface area contributed by atoms with E-state index in [9.17, 15) is 4.79 Å². The average molecular weight is 340 g/mol. The number of methoxy groups -OCH3 is 1. The largest absolute Gasteiger partial charge is 0.496 e. The molecular weight excluding hydrogens is 326 g/mol. The number of hydrogen-bond donors (Lipinski definition) is 0. The van der Waals surface area contributed by atoms with E-state index < -0.39 is 5.97 Å². The molecule has 0 saturated heterocycles. The Morgan fingerprint density at radius 1 is 1.45 bits per heavy atom. The third kappa shape index (κ3) is 2.56. The van der Waals surface area contributed by atoms with Crippen molar-refractivity contribution >= 4 is 21.9 Å². The van der Waals surface area contributed by atoms with Crippen molar-refractivity contribution in [2.75, 3.05) is 13.7 Å². The molecule has 6 heteroatoms. The van der Waals surface area contributed by atoms with Gasteiger partial charge in [-0.3, -0.25) is 0 Å². The minimum atomic E-state index is -0.459. The number of halogens is 1. The molecule has 0 N–H and O–H groups in total. The lowest BCUT2D eigenvalue weighted by Gasteiger charge is -2.09. The first-order valence-electron chi connectivity index (χ1n) is 6.06. The standard InChI is InChI=1S/C14H14BrNO4/c1-4-19-14(17)11-8(2)20-16-13(11)12-9(15)6-5-7-10(12)18-3/h5-7H,4H2,1-3H3. The van der Waals surface area contributed by atoms with Crippen molar-refractivity contribution in [2.45, 2.75) is 13.8 Å². The first-order chi connectivity index (χ1) is 9.60. The highest BCUT2D eigenvalue weighted by atomic mass is 79.9. The predicted octanol–water partition coefficient (Wildman–Crippen LogP) is 3.60. The molecule has 1 aromatic heterocycles. The monoisotopic (exact) mass is 339 g/mol.